The fraction of sp³-hybridized carbons (Fsp3) is 0.471. The average Bonchev–Trinajstić information content (AvgIpc) is 2.41. The Labute approximate surface area is 131 Å². The molecular weight excluding hydrogens is 286 g/mol. The normalized spacial score (nSPS) is 26.3. The average molecular weight is 308 g/mol. The highest BCUT2D eigenvalue weighted by Crippen LogP contribution is 2.34. The van der Waals surface area contributed by atoms with Gasteiger partial charge in [0.15, 0.2) is 0 Å². The van der Waals surface area contributed by atoms with Gasteiger partial charge >= 0.3 is 5.97 Å². The van der Waals surface area contributed by atoms with Crippen molar-refractivity contribution in [1.82, 2.24) is 0 Å². The van der Waals surface area contributed by atoms with E-state index in [1.165, 1.54) is 6.42 Å². The van der Waals surface area contributed by atoms with Crippen LogP contribution >= 0.6 is 11.6 Å². The second-order valence-electron chi connectivity index (χ2n) is 6.09. The number of halogens is 1. The van der Waals surface area contributed by atoms with Crippen molar-refractivity contribution in [3.63, 3.8) is 0 Å². The number of nitrogens with zero attached hydrogens (tertiary/aromatic N) is 1. The highest BCUT2D eigenvalue weighted by Gasteiger charge is 2.29. The van der Waals surface area contributed by atoms with Crippen molar-refractivity contribution < 1.29 is 9.90 Å². The van der Waals surface area contributed by atoms with Crippen molar-refractivity contribution in [3.8, 4) is 0 Å². The van der Waals surface area contributed by atoms with Crippen LogP contribution in [-0.2, 0) is 4.79 Å². The lowest BCUT2D eigenvalue weighted by molar-refractivity contribution is -0.131. The minimum atomic E-state index is -0.950. The van der Waals surface area contributed by atoms with Crippen LogP contribution in [0, 0.1) is 11.8 Å². The largest absolute Gasteiger partial charge is 0.478 e. The van der Waals surface area contributed by atoms with E-state index in [4.69, 9.17) is 16.7 Å². The van der Waals surface area contributed by atoms with E-state index < -0.39 is 5.97 Å². The fourth-order valence-corrected chi connectivity index (χ4v) is 3.30. The molecule has 1 aromatic carbocycles. The standard InChI is InChI=1S/C17H22ClNO2/c1-11-8-12(2)13(3)19(10-11)16-6-5-15(18)9-14(16)4-7-17(20)21/h4-7,9,11-13H,8,10H2,1-3H3,(H,20,21)/b7-4+. The van der Waals surface area contributed by atoms with Crippen LogP contribution in [0.1, 0.15) is 32.8 Å². The molecule has 1 saturated heterocycles. The molecular formula is C17H22ClNO2. The van der Waals surface area contributed by atoms with Gasteiger partial charge in [-0.3, -0.25) is 0 Å². The molecule has 1 aliphatic rings. The monoisotopic (exact) mass is 307 g/mol. The molecule has 1 heterocycles. The molecule has 1 fully saturated rings. The molecule has 114 valence electrons. The Kier molecular flexibility index (Phi) is 4.94. The van der Waals surface area contributed by atoms with Gasteiger partial charge in [0.2, 0.25) is 0 Å². The zero-order valence-electron chi connectivity index (χ0n) is 12.7. The summed E-state index contributed by atoms with van der Waals surface area (Å²) < 4.78 is 0. The van der Waals surface area contributed by atoms with Crippen molar-refractivity contribution in [2.24, 2.45) is 11.8 Å². The van der Waals surface area contributed by atoms with Gasteiger partial charge in [-0.1, -0.05) is 25.4 Å². The number of hydrogen-bond donors (Lipinski definition) is 1. The number of hydrogen-bond acceptors (Lipinski definition) is 2. The lowest BCUT2D eigenvalue weighted by Crippen LogP contribution is -2.46. The molecule has 3 atom stereocenters. The molecule has 0 amide bonds. The topological polar surface area (TPSA) is 40.5 Å². The van der Waals surface area contributed by atoms with Gasteiger partial charge in [0.05, 0.1) is 0 Å². The highest BCUT2D eigenvalue weighted by molar-refractivity contribution is 6.30. The van der Waals surface area contributed by atoms with E-state index in [2.05, 4.69) is 25.7 Å². The summed E-state index contributed by atoms with van der Waals surface area (Å²) in [6.45, 7) is 7.75. The van der Waals surface area contributed by atoms with Gasteiger partial charge < -0.3 is 10.0 Å². The zero-order chi connectivity index (χ0) is 15.6. The zero-order valence-corrected chi connectivity index (χ0v) is 13.5. The second kappa shape index (κ2) is 6.52. The van der Waals surface area contributed by atoms with Gasteiger partial charge in [0.25, 0.3) is 0 Å². The van der Waals surface area contributed by atoms with E-state index >= 15 is 0 Å². The number of aliphatic carboxylic acids is 1. The van der Waals surface area contributed by atoms with Crippen LogP contribution in [-0.4, -0.2) is 23.7 Å². The smallest absolute Gasteiger partial charge is 0.328 e. The Bertz CT molecular complexity index is 556. The van der Waals surface area contributed by atoms with Gasteiger partial charge in [-0.15, -0.1) is 0 Å². The molecule has 1 aliphatic heterocycles. The minimum absolute atomic E-state index is 0.430. The first-order valence-electron chi connectivity index (χ1n) is 7.35. The first kappa shape index (κ1) is 15.9. The third-order valence-electron chi connectivity index (χ3n) is 4.30. The van der Waals surface area contributed by atoms with E-state index in [1.54, 1.807) is 6.08 Å². The molecule has 0 saturated carbocycles. The molecule has 0 aromatic heterocycles. The van der Waals surface area contributed by atoms with E-state index in [0.29, 0.717) is 22.9 Å². The molecule has 0 radical (unpaired) electrons. The molecule has 3 nitrogen and oxygen atoms in total. The van der Waals surface area contributed by atoms with Gasteiger partial charge in [-0.2, -0.15) is 0 Å². The summed E-state index contributed by atoms with van der Waals surface area (Å²) in [5.41, 5.74) is 1.92. The Morgan fingerprint density at radius 3 is 2.76 bits per heavy atom. The number of benzene rings is 1. The minimum Gasteiger partial charge on any atom is -0.478 e. The highest BCUT2D eigenvalue weighted by atomic mass is 35.5. The summed E-state index contributed by atoms with van der Waals surface area (Å²) in [4.78, 5) is 13.2. The molecule has 0 bridgehead atoms. The first-order chi connectivity index (χ1) is 9.88. The molecule has 4 heteroatoms. The van der Waals surface area contributed by atoms with E-state index in [-0.39, 0.29) is 0 Å². The third kappa shape index (κ3) is 3.79. The molecule has 0 aliphatic carbocycles. The van der Waals surface area contributed by atoms with Crippen LogP contribution in [0.15, 0.2) is 24.3 Å². The SMILES string of the molecule is CC1CC(C)C(C)N(c2ccc(Cl)cc2/C=C/C(=O)O)C1. The number of rotatable bonds is 3. The molecule has 21 heavy (non-hydrogen) atoms. The van der Waals surface area contributed by atoms with Crippen molar-refractivity contribution in [1.29, 1.82) is 0 Å². The lowest BCUT2D eigenvalue weighted by atomic mass is 9.85. The predicted molar refractivity (Wildman–Crippen MR) is 87.9 cm³/mol. The van der Waals surface area contributed by atoms with Gasteiger partial charge in [0.1, 0.15) is 0 Å². The maximum Gasteiger partial charge on any atom is 0.328 e. The van der Waals surface area contributed by atoms with Crippen molar-refractivity contribution in [3.05, 3.63) is 34.9 Å². The molecule has 1 aromatic rings. The van der Waals surface area contributed by atoms with Crippen LogP contribution in [0.3, 0.4) is 0 Å². The summed E-state index contributed by atoms with van der Waals surface area (Å²) in [6.07, 6.45) is 4.02. The fourth-order valence-electron chi connectivity index (χ4n) is 3.11. The Balaban J connectivity index is 2.40. The van der Waals surface area contributed by atoms with Crippen LogP contribution < -0.4 is 4.90 Å². The summed E-state index contributed by atoms with van der Waals surface area (Å²) in [5.74, 6) is 0.290. The van der Waals surface area contributed by atoms with Crippen molar-refractivity contribution >= 4 is 29.3 Å². The first-order valence-corrected chi connectivity index (χ1v) is 7.73. The quantitative estimate of drug-likeness (QED) is 0.846. The van der Waals surface area contributed by atoms with Crippen LogP contribution in [0.4, 0.5) is 5.69 Å². The molecule has 0 spiro atoms. The van der Waals surface area contributed by atoms with Crippen molar-refractivity contribution in [2.45, 2.75) is 33.2 Å². The molecule has 2 rings (SSSR count). The maximum atomic E-state index is 10.8. The summed E-state index contributed by atoms with van der Waals surface area (Å²) in [6, 6.07) is 6.11. The Morgan fingerprint density at radius 2 is 2.10 bits per heavy atom. The lowest BCUT2D eigenvalue weighted by Gasteiger charge is -2.43. The van der Waals surface area contributed by atoms with Crippen LogP contribution in [0.25, 0.3) is 6.08 Å². The summed E-state index contributed by atoms with van der Waals surface area (Å²) in [5, 5.41) is 9.47. The van der Waals surface area contributed by atoms with Gasteiger partial charge in [-0.25, -0.2) is 4.79 Å². The predicted octanol–water partition coefficient (Wildman–Crippen LogP) is 4.31. The third-order valence-corrected chi connectivity index (χ3v) is 4.54. The number of anilines is 1. The molecule has 1 N–H and O–H groups in total. The summed E-state index contributed by atoms with van der Waals surface area (Å²) >= 11 is 6.06. The van der Waals surface area contributed by atoms with E-state index in [0.717, 1.165) is 23.9 Å². The van der Waals surface area contributed by atoms with E-state index in [1.807, 2.05) is 18.2 Å². The summed E-state index contributed by atoms with van der Waals surface area (Å²) in [7, 11) is 0. The van der Waals surface area contributed by atoms with Crippen LogP contribution in [0.2, 0.25) is 5.02 Å². The number of carbonyl (C=O) groups is 1. The maximum absolute atomic E-state index is 10.8. The Hall–Kier alpha value is -1.48. The number of carboxylic acid groups (broad SMARTS) is 1. The molecule has 3 unspecified atom stereocenters. The van der Waals surface area contributed by atoms with Crippen LogP contribution in [0.5, 0.6) is 0 Å². The van der Waals surface area contributed by atoms with Gasteiger partial charge in [0, 0.05) is 29.4 Å². The number of carboxylic acids is 1. The Morgan fingerprint density at radius 1 is 1.38 bits per heavy atom. The van der Waals surface area contributed by atoms with Gasteiger partial charge in [-0.05, 0) is 55.0 Å². The van der Waals surface area contributed by atoms with E-state index in [9.17, 15) is 4.79 Å². The number of piperidine rings is 1. The van der Waals surface area contributed by atoms with Crippen molar-refractivity contribution in [2.75, 3.05) is 11.4 Å². The second-order valence-corrected chi connectivity index (χ2v) is 6.52.